The molecule has 98 valence electrons. The van der Waals surface area contributed by atoms with E-state index >= 15 is 0 Å². The highest BCUT2D eigenvalue weighted by atomic mass is 16.5. The van der Waals surface area contributed by atoms with E-state index in [2.05, 4.69) is 18.9 Å². The lowest BCUT2D eigenvalue weighted by molar-refractivity contribution is 0.325. The van der Waals surface area contributed by atoms with Crippen LogP contribution >= 0.6 is 0 Å². The third-order valence-corrected chi connectivity index (χ3v) is 2.89. The largest absolute Gasteiger partial charge is 0.494 e. The van der Waals surface area contributed by atoms with Crippen LogP contribution in [0.4, 0.5) is 0 Å². The Kier molecular flexibility index (Phi) is 6.14. The number of hydrogen-bond donors (Lipinski definition) is 0. The predicted octanol–water partition coefficient (Wildman–Crippen LogP) is 4.00. The molecule has 2 heteroatoms. The summed E-state index contributed by atoms with van der Waals surface area (Å²) < 4.78 is 11.2. The van der Waals surface area contributed by atoms with Gasteiger partial charge in [0.2, 0.25) is 0 Å². The van der Waals surface area contributed by atoms with Gasteiger partial charge in [-0.2, -0.15) is 0 Å². The van der Waals surface area contributed by atoms with Crippen LogP contribution in [0, 0.1) is 12.3 Å². The molecule has 0 aliphatic rings. The summed E-state index contributed by atoms with van der Waals surface area (Å²) in [6, 6.07) is 5.98. The minimum Gasteiger partial charge on any atom is -0.494 e. The van der Waals surface area contributed by atoms with Gasteiger partial charge in [-0.25, -0.2) is 0 Å². The number of hydrogen-bond acceptors (Lipinski definition) is 2. The standard InChI is InChI=1S/C16H22O2/c1-5-9-13(6-2)15-12-14(17-7-3)10-11-16(15)18-8-4/h1,10-13H,6-9H2,2-4H3. The second-order valence-corrected chi connectivity index (χ2v) is 4.08. The first-order chi connectivity index (χ1) is 8.76. The monoisotopic (exact) mass is 246 g/mol. The van der Waals surface area contributed by atoms with E-state index in [9.17, 15) is 0 Å². The third kappa shape index (κ3) is 3.70. The van der Waals surface area contributed by atoms with Crippen LogP contribution in [0.25, 0.3) is 0 Å². The van der Waals surface area contributed by atoms with Crippen molar-refractivity contribution in [3.05, 3.63) is 23.8 Å². The van der Waals surface area contributed by atoms with Crippen LogP contribution in [0.2, 0.25) is 0 Å². The molecular formula is C16H22O2. The molecule has 0 saturated carbocycles. The maximum absolute atomic E-state index is 5.68. The van der Waals surface area contributed by atoms with Crippen molar-refractivity contribution in [3.8, 4) is 23.8 Å². The highest BCUT2D eigenvalue weighted by Gasteiger charge is 2.15. The summed E-state index contributed by atoms with van der Waals surface area (Å²) in [6.45, 7) is 7.44. The predicted molar refractivity (Wildman–Crippen MR) is 75.3 cm³/mol. The molecule has 0 bridgehead atoms. The van der Waals surface area contributed by atoms with Gasteiger partial charge in [-0.15, -0.1) is 12.3 Å². The highest BCUT2D eigenvalue weighted by Crippen LogP contribution is 2.34. The average Bonchev–Trinajstić information content (AvgIpc) is 2.38. The lowest BCUT2D eigenvalue weighted by Crippen LogP contribution is -2.03. The molecule has 1 aromatic carbocycles. The highest BCUT2D eigenvalue weighted by molar-refractivity contribution is 5.43. The van der Waals surface area contributed by atoms with E-state index in [1.807, 2.05) is 26.0 Å². The fourth-order valence-corrected chi connectivity index (χ4v) is 2.01. The Morgan fingerprint density at radius 1 is 1.17 bits per heavy atom. The van der Waals surface area contributed by atoms with Gasteiger partial charge in [-0.3, -0.25) is 0 Å². The summed E-state index contributed by atoms with van der Waals surface area (Å²) in [5, 5.41) is 0. The van der Waals surface area contributed by atoms with Crippen molar-refractivity contribution in [2.75, 3.05) is 13.2 Å². The Labute approximate surface area is 110 Å². The average molecular weight is 246 g/mol. The van der Waals surface area contributed by atoms with Gasteiger partial charge in [0.15, 0.2) is 0 Å². The molecule has 1 atom stereocenters. The lowest BCUT2D eigenvalue weighted by Gasteiger charge is -2.18. The fraction of sp³-hybridized carbons (Fsp3) is 0.500. The molecule has 0 radical (unpaired) electrons. The van der Waals surface area contributed by atoms with Crippen LogP contribution in [-0.4, -0.2) is 13.2 Å². The van der Waals surface area contributed by atoms with Gasteiger partial charge >= 0.3 is 0 Å². The van der Waals surface area contributed by atoms with Gasteiger partial charge in [0.05, 0.1) is 13.2 Å². The summed E-state index contributed by atoms with van der Waals surface area (Å²) in [5.74, 6) is 4.87. The maximum Gasteiger partial charge on any atom is 0.123 e. The van der Waals surface area contributed by atoms with E-state index in [1.165, 1.54) is 0 Å². The molecule has 0 saturated heterocycles. The van der Waals surface area contributed by atoms with Gasteiger partial charge < -0.3 is 9.47 Å². The zero-order valence-corrected chi connectivity index (χ0v) is 11.5. The minimum atomic E-state index is 0.331. The Hall–Kier alpha value is -1.62. The molecule has 0 spiro atoms. The number of rotatable bonds is 7. The molecular weight excluding hydrogens is 224 g/mol. The van der Waals surface area contributed by atoms with Crippen molar-refractivity contribution in [2.24, 2.45) is 0 Å². The van der Waals surface area contributed by atoms with Crippen molar-refractivity contribution in [2.45, 2.75) is 39.5 Å². The SMILES string of the molecule is C#CCC(CC)c1cc(OCC)ccc1OCC. The first-order valence-corrected chi connectivity index (χ1v) is 6.59. The summed E-state index contributed by atoms with van der Waals surface area (Å²) in [6.07, 6.45) is 7.17. The van der Waals surface area contributed by atoms with Crippen molar-refractivity contribution in [1.29, 1.82) is 0 Å². The first-order valence-electron chi connectivity index (χ1n) is 6.59. The molecule has 0 aliphatic carbocycles. The fourth-order valence-electron chi connectivity index (χ4n) is 2.01. The number of terminal acetylenes is 1. The van der Waals surface area contributed by atoms with Gasteiger partial charge in [-0.1, -0.05) is 6.92 Å². The molecule has 1 unspecified atom stereocenters. The molecule has 2 nitrogen and oxygen atoms in total. The number of ether oxygens (including phenoxy) is 2. The quantitative estimate of drug-likeness (QED) is 0.677. The minimum absolute atomic E-state index is 0.331. The summed E-state index contributed by atoms with van der Waals surface area (Å²) in [7, 11) is 0. The van der Waals surface area contributed by atoms with Crippen LogP contribution < -0.4 is 9.47 Å². The van der Waals surface area contributed by atoms with E-state index in [-0.39, 0.29) is 0 Å². The molecule has 1 rings (SSSR count). The molecule has 0 N–H and O–H groups in total. The third-order valence-electron chi connectivity index (χ3n) is 2.89. The molecule has 1 aromatic rings. The van der Waals surface area contributed by atoms with Crippen LogP contribution in [0.3, 0.4) is 0 Å². The second kappa shape index (κ2) is 7.66. The summed E-state index contributed by atoms with van der Waals surface area (Å²) >= 11 is 0. The molecule has 0 amide bonds. The van der Waals surface area contributed by atoms with E-state index in [0.717, 1.165) is 29.9 Å². The Bertz CT molecular complexity index is 404. The van der Waals surface area contributed by atoms with Gasteiger partial charge in [0.1, 0.15) is 11.5 Å². The van der Waals surface area contributed by atoms with Crippen molar-refractivity contribution in [3.63, 3.8) is 0 Å². The molecule has 18 heavy (non-hydrogen) atoms. The van der Waals surface area contributed by atoms with Crippen LogP contribution in [0.15, 0.2) is 18.2 Å². The van der Waals surface area contributed by atoms with E-state index in [4.69, 9.17) is 15.9 Å². The normalized spacial score (nSPS) is 11.7. The molecule has 0 fully saturated rings. The van der Waals surface area contributed by atoms with Gasteiger partial charge in [0.25, 0.3) is 0 Å². The molecule has 0 heterocycles. The Morgan fingerprint density at radius 2 is 1.89 bits per heavy atom. The van der Waals surface area contributed by atoms with Gasteiger partial charge in [-0.05, 0) is 44.4 Å². The summed E-state index contributed by atoms with van der Waals surface area (Å²) in [5.41, 5.74) is 1.16. The topological polar surface area (TPSA) is 18.5 Å². The Morgan fingerprint density at radius 3 is 2.44 bits per heavy atom. The van der Waals surface area contributed by atoms with Crippen LogP contribution in [0.1, 0.15) is 45.1 Å². The summed E-state index contributed by atoms with van der Waals surface area (Å²) in [4.78, 5) is 0. The Balaban J connectivity index is 3.08. The van der Waals surface area contributed by atoms with Crippen molar-refractivity contribution >= 4 is 0 Å². The molecule has 0 aromatic heterocycles. The zero-order valence-electron chi connectivity index (χ0n) is 11.5. The smallest absolute Gasteiger partial charge is 0.123 e. The van der Waals surface area contributed by atoms with Crippen LogP contribution in [0.5, 0.6) is 11.5 Å². The zero-order chi connectivity index (χ0) is 13.4. The van der Waals surface area contributed by atoms with Crippen LogP contribution in [-0.2, 0) is 0 Å². The second-order valence-electron chi connectivity index (χ2n) is 4.08. The van der Waals surface area contributed by atoms with Crippen molar-refractivity contribution < 1.29 is 9.47 Å². The number of benzene rings is 1. The molecule has 0 aliphatic heterocycles. The lowest BCUT2D eigenvalue weighted by atomic mass is 9.92. The maximum atomic E-state index is 5.68. The van der Waals surface area contributed by atoms with Gasteiger partial charge in [0, 0.05) is 12.0 Å². The van der Waals surface area contributed by atoms with Crippen molar-refractivity contribution in [1.82, 2.24) is 0 Å². The van der Waals surface area contributed by atoms with E-state index in [0.29, 0.717) is 19.1 Å². The van der Waals surface area contributed by atoms with E-state index < -0.39 is 0 Å². The first kappa shape index (κ1) is 14.4. The van der Waals surface area contributed by atoms with E-state index in [1.54, 1.807) is 0 Å².